The number of hydrogen-bond donors (Lipinski definition) is 4. The van der Waals surface area contributed by atoms with E-state index < -0.39 is 40.9 Å². The second kappa shape index (κ2) is 5.01. The molecule has 0 aromatic rings. The molecule has 0 spiro atoms. The summed E-state index contributed by atoms with van der Waals surface area (Å²) in [5, 5.41) is 26.0. The highest BCUT2D eigenvalue weighted by Crippen LogP contribution is 2.21. The van der Waals surface area contributed by atoms with Gasteiger partial charge in [-0.25, -0.2) is 4.18 Å². The normalized spacial score (nSPS) is 18.9. The molecule has 0 aromatic heterocycles. The third-order valence-corrected chi connectivity index (χ3v) is 4.06. The van der Waals surface area contributed by atoms with E-state index in [4.69, 9.17) is 21.1 Å². The van der Waals surface area contributed by atoms with Gasteiger partial charge in [-0.05, 0) is 6.92 Å². The molecule has 0 fully saturated rings. The number of aliphatic hydroxyl groups is 3. The number of rotatable bonds is 6. The predicted octanol–water partition coefficient (Wildman–Crippen LogP) is -2.65. The first-order valence-corrected chi connectivity index (χ1v) is 5.23. The van der Waals surface area contributed by atoms with Gasteiger partial charge in [-0.3, -0.25) is 0 Å². The zero-order chi connectivity index (χ0) is 11.4. The van der Waals surface area contributed by atoms with E-state index in [1.165, 1.54) is 0 Å². The van der Waals surface area contributed by atoms with Crippen LogP contribution in [0.25, 0.3) is 0 Å². The van der Waals surface area contributed by atoms with Crippen molar-refractivity contribution in [3.8, 4) is 0 Å². The molecule has 5 N–H and O–H groups in total. The molecule has 0 amide bonds. The van der Waals surface area contributed by atoms with Crippen LogP contribution in [0.15, 0.2) is 0 Å². The van der Waals surface area contributed by atoms with E-state index in [-0.39, 0.29) is 0 Å². The molecule has 2 atom stereocenters. The molecule has 0 aliphatic heterocycles. The highest BCUT2D eigenvalue weighted by Gasteiger charge is 2.45. The Hall–Kier alpha value is -0.250. The lowest BCUT2D eigenvalue weighted by Gasteiger charge is -2.30. The standard InChI is InChI=1S/C6H15NO6S/c1-6(3-9,5(7)2-8)14(11,12)13-4-10/h5,8-10H,2-4,7H2,1H3. The Morgan fingerprint density at radius 1 is 1.43 bits per heavy atom. The molecule has 0 saturated carbocycles. The largest absolute Gasteiger partial charge is 0.395 e. The minimum Gasteiger partial charge on any atom is -0.395 e. The van der Waals surface area contributed by atoms with Crippen molar-refractivity contribution < 1.29 is 27.9 Å². The lowest BCUT2D eigenvalue weighted by Crippen LogP contribution is -2.56. The third kappa shape index (κ3) is 2.41. The van der Waals surface area contributed by atoms with Gasteiger partial charge in [0.2, 0.25) is 0 Å². The van der Waals surface area contributed by atoms with E-state index in [0.717, 1.165) is 6.92 Å². The monoisotopic (exact) mass is 229 g/mol. The van der Waals surface area contributed by atoms with Crippen molar-refractivity contribution in [1.29, 1.82) is 0 Å². The second-order valence-electron chi connectivity index (χ2n) is 2.96. The minimum atomic E-state index is -4.22. The van der Waals surface area contributed by atoms with Crippen LogP contribution in [-0.4, -0.2) is 54.5 Å². The van der Waals surface area contributed by atoms with Crippen LogP contribution in [0.2, 0.25) is 0 Å². The fraction of sp³-hybridized carbons (Fsp3) is 1.00. The Balaban J connectivity index is 5.03. The van der Waals surface area contributed by atoms with Gasteiger partial charge < -0.3 is 21.1 Å². The highest BCUT2D eigenvalue weighted by molar-refractivity contribution is 7.88. The summed E-state index contributed by atoms with van der Waals surface area (Å²) < 4.78 is 25.0. The topological polar surface area (TPSA) is 130 Å². The SMILES string of the molecule is CC(CO)(C(N)CO)S(=O)(=O)OCO. The summed E-state index contributed by atoms with van der Waals surface area (Å²) in [4.78, 5) is 0. The summed E-state index contributed by atoms with van der Waals surface area (Å²) in [7, 11) is -4.22. The molecule has 7 nitrogen and oxygen atoms in total. The average molecular weight is 229 g/mol. The highest BCUT2D eigenvalue weighted by atomic mass is 32.2. The van der Waals surface area contributed by atoms with Crippen LogP contribution < -0.4 is 5.73 Å². The van der Waals surface area contributed by atoms with Gasteiger partial charge in [-0.15, -0.1) is 0 Å². The Labute approximate surface area is 82.2 Å². The van der Waals surface area contributed by atoms with Crippen molar-refractivity contribution in [2.75, 3.05) is 20.0 Å². The molecule has 0 aliphatic carbocycles. The van der Waals surface area contributed by atoms with Crippen LogP contribution >= 0.6 is 0 Å². The van der Waals surface area contributed by atoms with Crippen molar-refractivity contribution in [3.05, 3.63) is 0 Å². The Bertz CT molecular complexity index is 265. The molecular weight excluding hydrogens is 214 g/mol. The summed E-state index contributed by atoms with van der Waals surface area (Å²) >= 11 is 0. The minimum absolute atomic E-state index is 0.620. The molecule has 0 heterocycles. The zero-order valence-electron chi connectivity index (χ0n) is 7.75. The quantitative estimate of drug-likeness (QED) is 0.289. The van der Waals surface area contributed by atoms with Crippen LogP contribution in [0.3, 0.4) is 0 Å². The summed E-state index contributed by atoms with van der Waals surface area (Å²) in [6.07, 6.45) is 0. The number of hydrogen-bond acceptors (Lipinski definition) is 7. The number of nitrogens with two attached hydrogens (primary N) is 1. The van der Waals surface area contributed by atoms with Crippen LogP contribution in [0, 0.1) is 0 Å². The number of aliphatic hydroxyl groups excluding tert-OH is 3. The molecule has 0 radical (unpaired) electrons. The summed E-state index contributed by atoms with van der Waals surface area (Å²) in [6.45, 7) is -1.34. The van der Waals surface area contributed by atoms with Crippen molar-refractivity contribution in [3.63, 3.8) is 0 Å². The molecule has 0 saturated heterocycles. The van der Waals surface area contributed by atoms with Crippen LogP contribution in [0.5, 0.6) is 0 Å². The van der Waals surface area contributed by atoms with E-state index in [1.54, 1.807) is 0 Å². The third-order valence-electron chi connectivity index (χ3n) is 2.07. The molecular formula is C6H15NO6S. The Kier molecular flexibility index (Phi) is 4.92. The second-order valence-corrected chi connectivity index (χ2v) is 5.04. The smallest absolute Gasteiger partial charge is 0.279 e. The molecule has 0 bridgehead atoms. The molecule has 14 heavy (non-hydrogen) atoms. The molecule has 8 heteroatoms. The maximum atomic E-state index is 11.4. The lowest BCUT2D eigenvalue weighted by molar-refractivity contribution is 0.0921. The molecule has 0 aromatic carbocycles. The van der Waals surface area contributed by atoms with Crippen molar-refractivity contribution >= 4 is 10.1 Å². The van der Waals surface area contributed by atoms with E-state index in [9.17, 15) is 8.42 Å². The van der Waals surface area contributed by atoms with Crippen molar-refractivity contribution in [2.45, 2.75) is 17.7 Å². The van der Waals surface area contributed by atoms with Crippen LogP contribution in [-0.2, 0) is 14.3 Å². The van der Waals surface area contributed by atoms with E-state index in [0.29, 0.717) is 0 Å². The zero-order valence-corrected chi connectivity index (χ0v) is 8.57. The molecule has 86 valence electrons. The first-order chi connectivity index (χ1) is 6.35. The Morgan fingerprint density at radius 2 is 1.93 bits per heavy atom. The first kappa shape index (κ1) is 13.8. The van der Waals surface area contributed by atoms with Crippen molar-refractivity contribution in [1.82, 2.24) is 0 Å². The van der Waals surface area contributed by atoms with Crippen LogP contribution in [0.1, 0.15) is 6.92 Å². The summed E-state index contributed by atoms with van der Waals surface area (Å²) in [6, 6.07) is -1.19. The van der Waals surface area contributed by atoms with Gasteiger partial charge >= 0.3 is 0 Å². The molecule has 2 unspecified atom stereocenters. The maximum absolute atomic E-state index is 11.4. The van der Waals surface area contributed by atoms with Gasteiger partial charge in [0, 0.05) is 0 Å². The van der Waals surface area contributed by atoms with Gasteiger partial charge in [0.15, 0.2) is 6.79 Å². The van der Waals surface area contributed by atoms with Gasteiger partial charge in [0.1, 0.15) is 4.75 Å². The van der Waals surface area contributed by atoms with E-state index >= 15 is 0 Å². The Morgan fingerprint density at radius 3 is 2.21 bits per heavy atom. The average Bonchev–Trinajstić information content (AvgIpc) is 2.14. The maximum Gasteiger partial charge on any atom is 0.279 e. The van der Waals surface area contributed by atoms with E-state index in [2.05, 4.69) is 4.18 Å². The lowest BCUT2D eigenvalue weighted by atomic mass is 10.0. The fourth-order valence-electron chi connectivity index (χ4n) is 0.779. The van der Waals surface area contributed by atoms with Crippen molar-refractivity contribution in [2.24, 2.45) is 5.73 Å². The summed E-state index contributed by atoms with van der Waals surface area (Å²) in [5.74, 6) is 0. The van der Waals surface area contributed by atoms with Gasteiger partial charge in [-0.1, -0.05) is 0 Å². The van der Waals surface area contributed by atoms with Gasteiger partial charge in [-0.2, -0.15) is 8.42 Å². The van der Waals surface area contributed by atoms with Gasteiger partial charge in [0.05, 0.1) is 19.3 Å². The predicted molar refractivity (Wildman–Crippen MR) is 47.6 cm³/mol. The fourth-order valence-corrected chi connectivity index (χ4v) is 1.79. The molecule has 0 rings (SSSR count). The first-order valence-electron chi connectivity index (χ1n) is 3.83. The van der Waals surface area contributed by atoms with Gasteiger partial charge in [0.25, 0.3) is 10.1 Å². The molecule has 0 aliphatic rings. The summed E-state index contributed by atoms with van der Waals surface area (Å²) in [5.41, 5.74) is 5.33. The van der Waals surface area contributed by atoms with Crippen LogP contribution in [0.4, 0.5) is 0 Å². The van der Waals surface area contributed by atoms with E-state index in [1.807, 2.05) is 0 Å².